The predicted octanol–water partition coefficient (Wildman–Crippen LogP) is 3.47. The summed E-state index contributed by atoms with van der Waals surface area (Å²) >= 11 is 0. The van der Waals surface area contributed by atoms with Crippen LogP contribution in [0.4, 0.5) is 5.69 Å². The molecule has 1 aromatic carbocycles. The van der Waals surface area contributed by atoms with Crippen LogP contribution >= 0.6 is 0 Å². The van der Waals surface area contributed by atoms with E-state index in [1.165, 1.54) is 0 Å². The van der Waals surface area contributed by atoms with Gasteiger partial charge in [-0.3, -0.25) is 4.98 Å². The minimum atomic E-state index is -0.417. The second-order valence-electron chi connectivity index (χ2n) is 5.11. The van der Waals surface area contributed by atoms with E-state index in [1.807, 2.05) is 63.4 Å². The fourth-order valence-electron chi connectivity index (χ4n) is 2.35. The second kappa shape index (κ2) is 6.53. The molecule has 0 fully saturated rings. The molecule has 0 saturated carbocycles. The number of hydrogen-bond acceptors (Lipinski definition) is 3. The van der Waals surface area contributed by atoms with Crippen LogP contribution in [0.25, 0.3) is 0 Å². The maximum Gasteiger partial charge on any atom is 0.0807 e. The lowest BCUT2D eigenvalue weighted by Crippen LogP contribution is -2.19. The van der Waals surface area contributed by atoms with Gasteiger partial charge in [0, 0.05) is 24.0 Å². The summed E-state index contributed by atoms with van der Waals surface area (Å²) in [6.07, 6.45) is 0.298. The summed E-state index contributed by atoms with van der Waals surface area (Å²) in [4.78, 5) is 6.66. The Morgan fingerprint density at radius 2 is 1.90 bits per heavy atom. The van der Waals surface area contributed by atoms with Gasteiger partial charge in [0.15, 0.2) is 0 Å². The summed E-state index contributed by atoms with van der Waals surface area (Å²) in [5.41, 5.74) is 4.10. The molecular formula is C17H22N2O. The Bertz CT molecular complexity index is 568. The maximum atomic E-state index is 10.1. The molecule has 0 spiro atoms. The molecule has 3 heteroatoms. The molecule has 3 nitrogen and oxygen atoms in total. The quantitative estimate of drug-likeness (QED) is 0.903. The fourth-order valence-corrected chi connectivity index (χ4v) is 2.35. The molecule has 0 aliphatic heterocycles. The van der Waals surface area contributed by atoms with E-state index in [2.05, 4.69) is 9.88 Å². The Balaban J connectivity index is 2.23. The number of aryl methyl sites for hydroxylation is 1. The first kappa shape index (κ1) is 14.5. The van der Waals surface area contributed by atoms with Crippen molar-refractivity contribution in [3.8, 4) is 0 Å². The highest BCUT2D eigenvalue weighted by Crippen LogP contribution is 2.28. The van der Waals surface area contributed by atoms with Gasteiger partial charge in [0.05, 0.1) is 18.3 Å². The number of aromatic nitrogens is 1. The van der Waals surface area contributed by atoms with Crippen molar-refractivity contribution in [3.05, 3.63) is 59.4 Å². The topological polar surface area (TPSA) is 36.4 Å². The van der Waals surface area contributed by atoms with Gasteiger partial charge in [-0.15, -0.1) is 0 Å². The zero-order valence-electron chi connectivity index (χ0n) is 12.4. The third kappa shape index (κ3) is 3.36. The molecule has 1 aromatic heterocycles. The number of nitrogens with zero attached hydrogens (tertiary/aromatic N) is 2. The fraction of sp³-hybridized carbons (Fsp3) is 0.353. The van der Waals surface area contributed by atoms with Crippen LogP contribution in [-0.2, 0) is 6.54 Å². The molecule has 1 N–H and O–H groups in total. The van der Waals surface area contributed by atoms with Gasteiger partial charge in [0.25, 0.3) is 0 Å². The molecule has 0 amide bonds. The first-order valence-electron chi connectivity index (χ1n) is 7.02. The summed E-state index contributed by atoms with van der Waals surface area (Å²) in [5.74, 6) is 0. The van der Waals surface area contributed by atoms with Crippen molar-refractivity contribution in [3.63, 3.8) is 0 Å². The number of para-hydroxylation sites is 1. The van der Waals surface area contributed by atoms with Gasteiger partial charge < -0.3 is 10.0 Å². The molecule has 0 saturated heterocycles. The highest BCUT2D eigenvalue weighted by atomic mass is 16.3. The summed E-state index contributed by atoms with van der Waals surface area (Å²) < 4.78 is 0. The van der Waals surface area contributed by atoms with Crippen LogP contribution < -0.4 is 4.90 Å². The van der Waals surface area contributed by atoms with E-state index < -0.39 is 6.10 Å². The molecule has 0 unspecified atom stereocenters. The molecule has 0 radical (unpaired) electrons. The molecule has 0 aliphatic carbocycles. The lowest BCUT2D eigenvalue weighted by Gasteiger charge is -2.24. The average Bonchev–Trinajstić information content (AvgIpc) is 2.46. The molecule has 106 valence electrons. The Hall–Kier alpha value is -1.87. The number of rotatable bonds is 5. The molecular weight excluding hydrogens is 248 g/mol. The number of aliphatic hydroxyl groups excluding tert-OH is 1. The van der Waals surface area contributed by atoms with Gasteiger partial charge in [-0.05, 0) is 31.5 Å². The maximum absolute atomic E-state index is 10.1. The van der Waals surface area contributed by atoms with E-state index in [9.17, 15) is 5.11 Å². The summed E-state index contributed by atoms with van der Waals surface area (Å²) in [5, 5.41) is 10.1. The standard InChI is InChI=1S/C17H22N2O/c1-4-17(20)15-10-5-6-11-16(15)19(3)12-14-9-7-8-13(2)18-14/h5-11,17,20H,4,12H2,1-3H3/t17-/m0/s1. The van der Waals surface area contributed by atoms with Gasteiger partial charge in [-0.2, -0.15) is 0 Å². The van der Waals surface area contributed by atoms with Crippen molar-refractivity contribution in [2.75, 3.05) is 11.9 Å². The van der Waals surface area contributed by atoms with Crippen molar-refractivity contribution >= 4 is 5.69 Å². The van der Waals surface area contributed by atoms with E-state index in [4.69, 9.17) is 0 Å². The Morgan fingerprint density at radius 1 is 1.15 bits per heavy atom. The lowest BCUT2D eigenvalue weighted by molar-refractivity contribution is 0.174. The van der Waals surface area contributed by atoms with E-state index in [-0.39, 0.29) is 0 Å². The van der Waals surface area contributed by atoms with Crippen molar-refractivity contribution in [1.29, 1.82) is 0 Å². The van der Waals surface area contributed by atoms with Crippen molar-refractivity contribution < 1.29 is 5.11 Å². The first-order chi connectivity index (χ1) is 9.61. The zero-order chi connectivity index (χ0) is 14.5. The van der Waals surface area contributed by atoms with Crippen LogP contribution in [0.15, 0.2) is 42.5 Å². The van der Waals surface area contributed by atoms with Gasteiger partial charge in [-0.1, -0.05) is 31.2 Å². The summed E-state index contributed by atoms with van der Waals surface area (Å²) in [6, 6.07) is 14.1. The highest BCUT2D eigenvalue weighted by molar-refractivity contribution is 5.54. The first-order valence-corrected chi connectivity index (χ1v) is 7.02. The van der Waals surface area contributed by atoms with Gasteiger partial charge in [0.2, 0.25) is 0 Å². The Morgan fingerprint density at radius 3 is 2.60 bits per heavy atom. The van der Waals surface area contributed by atoms with Gasteiger partial charge in [0.1, 0.15) is 0 Å². The Labute approximate surface area is 120 Å². The van der Waals surface area contributed by atoms with Crippen LogP contribution in [0.5, 0.6) is 0 Å². The van der Waals surface area contributed by atoms with E-state index in [0.717, 1.165) is 29.2 Å². The summed E-state index contributed by atoms with van der Waals surface area (Å²) in [7, 11) is 2.03. The number of aliphatic hydroxyl groups is 1. The Kier molecular flexibility index (Phi) is 4.74. The van der Waals surface area contributed by atoms with Crippen LogP contribution in [-0.4, -0.2) is 17.1 Å². The second-order valence-corrected chi connectivity index (χ2v) is 5.11. The monoisotopic (exact) mass is 270 g/mol. The minimum absolute atomic E-state index is 0.417. The van der Waals surface area contributed by atoms with Crippen LogP contribution in [0.2, 0.25) is 0 Å². The third-order valence-corrected chi connectivity index (χ3v) is 3.44. The molecule has 0 bridgehead atoms. The smallest absolute Gasteiger partial charge is 0.0807 e. The molecule has 20 heavy (non-hydrogen) atoms. The predicted molar refractivity (Wildman–Crippen MR) is 82.8 cm³/mol. The average molecular weight is 270 g/mol. The van der Waals surface area contributed by atoms with Crippen molar-refractivity contribution in [2.24, 2.45) is 0 Å². The number of hydrogen-bond donors (Lipinski definition) is 1. The lowest BCUT2D eigenvalue weighted by atomic mass is 10.0. The molecule has 0 aliphatic rings. The van der Waals surface area contributed by atoms with Crippen LogP contribution in [0.3, 0.4) is 0 Å². The van der Waals surface area contributed by atoms with E-state index in [1.54, 1.807) is 0 Å². The largest absolute Gasteiger partial charge is 0.388 e. The molecule has 2 aromatic rings. The van der Waals surface area contributed by atoms with Crippen molar-refractivity contribution in [1.82, 2.24) is 4.98 Å². The normalized spacial score (nSPS) is 12.2. The van der Waals surface area contributed by atoms with Gasteiger partial charge in [-0.25, -0.2) is 0 Å². The molecule has 1 atom stereocenters. The van der Waals surface area contributed by atoms with Crippen LogP contribution in [0, 0.1) is 6.92 Å². The summed E-state index contributed by atoms with van der Waals surface area (Å²) in [6.45, 7) is 4.72. The van der Waals surface area contributed by atoms with E-state index in [0.29, 0.717) is 6.42 Å². The number of pyridine rings is 1. The van der Waals surface area contributed by atoms with Crippen molar-refractivity contribution in [2.45, 2.75) is 32.9 Å². The third-order valence-electron chi connectivity index (χ3n) is 3.44. The zero-order valence-corrected chi connectivity index (χ0v) is 12.4. The number of benzene rings is 1. The number of anilines is 1. The minimum Gasteiger partial charge on any atom is -0.388 e. The van der Waals surface area contributed by atoms with E-state index >= 15 is 0 Å². The van der Waals surface area contributed by atoms with Crippen LogP contribution in [0.1, 0.15) is 36.4 Å². The highest BCUT2D eigenvalue weighted by Gasteiger charge is 2.13. The molecule has 2 rings (SSSR count). The van der Waals surface area contributed by atoms with Gasteiger partial charge >= 0.3 is 0 Å². The molecule has 1 heterocycles. The SMILES string of the molecule is CC[C@H](O)c1ccccc1N(C)Cc1cccc(C)n1.